The predicted octanol–water partition coefficient (Wildman–Crippen LogP) is 1.75. The fraction of sp³-hybridized carbons (Fsp3) is 0.125. The average Bonchev–Trinajstić information content (AvgIpc) is 2.04. The first-order valence-electron chi connectivity index (χ1n) is 3.35. The zero-order valence-corrected chi connectivity index (χ0v) is 8.65. The first-order chi connectivity index (χ1) is 5.61. The van der Waals surface area contributed by atoms with Crippen molar-refractivity contribution in [2.45, 2.75) is 6.04 Å². The Morgan fingerprint density at radius 2 is 1.71 bits per heavy atom. The molecule has 0 heterocycles. The van der Waals surface area contributed by atoms with Crippen LogP contribution in [0.15, 0.2) is 24.3 Å². The maximum absolute atomic E-state index is 12.4. The molecule has 0 radical (unpaired) electrons. The van der Waals surface area contributed by atoms with Crippen LogP contribution in [0.1, 0.15) is 11.6 Å². The van der Waals surface area contributed by atoms with Crippen molar-refractivity contribution in [1.29, 1.82) is 0 Å². The molecule has 0 saturated heterocycles. The van der Waals surface area contributed by atoms with Crippen molar-refractivity contribution in [1.82, 2.24) is 0 Å². The fourth-order valence-corrected chi connectivity index (χ4v) is 0.813. The quantitative estimate of drug-likeness (QED) is 0.830. The number of hydrogen-bond donors (Lipinski definition) is 2. The summed E-state index contributed by atoms with van der Waals surface area (Å²) in [6, 6.07) is 3.99. The largest absolute Gasteiger partial charge is 0.480 e. The summed E-state index contributed by atoms with van der Waals surface area (Å²) in [5.41, 5.74) is 5.66. The Balaban J connectivity index is 0. The van der Waals surface area contributed by atoms with Crippen LogP contribution in [0.2, 0.25) is 0 Å². The maximum Gasteiger partial charge on any atom is 0.325 e. The van der Waals surface area contributed by atoms with Crippen molar-refractivity contribution < 1.29 is 14.3 Å². The third-order valence-corrected chi connectivity index (χ3v) is 1.50. The van der Waals surface area contributed by atoms with Crippen molar-refractivity contribution >= 4 is 30.8 Å². The standard InChI is InChI=1S/C8H8FNO2.2ClH/c9-6-3-1-5(2-4-6)7(10)8(11)12;;/h1-4,7H,10H2,(H,11,12);2*1H. The lowest BCUT2D eigenvalue weighted by Gasteiger charge is -2.05. The first kappa shape index (κ1) is 15.6. The van der Waals surface area contributed by atoms with Crippen LogP contribution in [-0.2, 0) is 4.79 Å². The van der Waals surface area contributed by atoms with Crippen LogP contribution in [0.3, 0.4) is 0 Å². The van der Waals surface area contributed by atoms with E-state index in [4.69, 9.17) is 10.8 Å². The normalized spacial score (nSPS) is 10.7. The first-order valence-corrected chi connectivity index (χ1v) is 3.35. The average molecular weight is 242 g/mol. The van der Waals surface area contributed by atoms with E-state index in [0.717, 1.165) is 0 Å². The van der Waals surface area contributed by atoms with Gasteiger partial charge in [-0.3, -0.25) is 4.79 Å². The number of carbonyl (C=O) groups is 1. The maximum atomic E-state index is 12.4. The summed E-state index contributed by atoms with van der Waals surface area (Å²) < 4.78 is 12.4. The number of benzene rings is 1. The lowest BCUT2D eigenvalue weighted by Crippen LogP contribution is -2.20. The minimum Gasteiger partial charge on any atom is -0.480 e. The second kappa shape index (κ2) is 6.59. The summed E-state index contributed by atoms with van der Waals surface area (Å²) in [6.45, 7) is 0. The van der Waals surface area contributed by atoms with Crippen molar-refractivity contribution in [3.63, 3.8) is 0 Å². The third kappa shape index (κ3) is 3.91. The van der Waals surface area contributed by atoms with E-state index in [9.17, 15) is 9.18 Å². The van der Waals surface area contributed by atoms with Gasteiger partial charge in [-0.1, -0.05) is 12.1 Å². The molecule has 80 valence electrons. The SMILES string of the molecule is Cl.Cl.NC(C(=O)O)c1ccc(F)cc1. The molecule has 0 spiro atoms. The Morgan fingerprint density at radius 1 is 1.29 bits per heavy atom. The highest BCUT2D eigenvalue weighted by Crippen LogP contribution is 2.10. The van der Waals surface area contributed by atoms with Crippen LogP contribution in [0, 0.1) is 5.82 Å². The van der Waals surface area contributed by atoms with Gasteiger partial charge in [0.1, 0.15) is 11.9 Å². The van der Waals surface area contributed by atoms with E-state index in [1.165, 1.54) is 24.3 Å². The van der Waals surface area contributed by atoms with Gasteiger partial charge in [-0.15, -0.1) is 24.8 Å². The summed E-state index contributed by atoms with van der Waals surface area (Å²) in [5.74, 6) is -1.53. The Kier molecular flexibility index (Phi) is 7.35. The Labute approximate surface area is 92.9 Å². The van der Waals surface area contributed by atoms with Crippen molar-refractivity contribution in [3.05, 3.63) is 35.6 Å². The van der Waals surface area contributed by atoms with E-state index < -0.39 is 17.8 Å². The topological polar surface area (TPSA) is 63.3 Å². The number of rotatable bonds is 2. The number of halogens is 3. The molecule has 1 aromatic rings. The molecule has 1 atom stereocenters. The van der Waals surface area contributed by atoms with Crippen molar-refractivity contribution in [2.75, 3.05) is 0 Å². The third-order valence-electron chi connectivity index (χ3n) is 1.50. The van der Waals surface area contributed by atoms with Crippen LogP contribution in [0.4, 0.5) is 4.39 Å². The highest BCUT2D eigenvalue weighted by molar-refractivity contribution is 5.85. The molecule has 0 aliphatic heterocycles. The van der Waals surface area contributed by atoms with E-state index in [1.807, 2.05) is 0 Å². The number of carboxylic acids is 1. The van der Waals surface area contributed by atoms with Crippen LogP contribution in [-0.4, -0.2) is 11.1 Å². The summed E-state index contributed by atoms with van der Waals surface area (Å²) >= 11 is 0. The van der Waals surface area contributed by atoms with Gasteiger partial charge in [0.2, 0.25) is 0 Å². The lowest BCUT2D eigenvalue weighted by atomic mass is 10.1. The highest BCUT2D eigenvalue weighted by Gasteiger charge is 2.13. The molecule has 3 nitrogen and oxygen atoms in total. The molecular weight excluding hydrogens is 232 g/mol. The second-order valence-corrected chi connectivity index (χ2v) is 2.37. The number of nitrogens with two attached hydrogens (primary N) is 1. The summed E-state index contributed by atoms with van der Waals surface area (Å²) in [7, 11) is 0. The molecule has 1 unspecified atom stereocenters. The minimum atomic E-state index is -1.12. The molecule has 0 amide bonds. The van der Waals surface area contributed by atoms with E-state index in [0.29, 0.717) is 5.56 Å². The van der Waals surface area contributed by atoms with Crippen LogP contribution in [0.5, 0.6) is 0 Å². The van der Waals surface area contributed by atoms with E-state index >= 15 is 0 Å². The Bertz CT molecular complexity index is 292. The molecule has 6 heteroatoms. The van der Waals surface area contributed by atoms with Crippen LogP contribution in [0.25, 0.3) is 0 Å². The molecule has 3 N–H and O–H groups in total. The Hall–Kier alpha value is -0.840. The molecule has 0 aliphatic rings. The van der Waals surface area contributed by atoms with Gasteiger partial charge in [-0.05, 0) is 17.7 Å². The van der Waals surface area contributed by atoms with Gasteiger partial charge in [0, 0.05) is 0 Å². The van der Waals surface area contributed by atoms with E-state index in [-0.39, 0.29) is 24.8 Å². The van der Waals surface area contributed by atoms with Crippen molar-refractivity contribution in [3.8, 4) is 0 Å². The number of aliphatic carboxylic acids is 1. The van der Waals surface area contributed by atoms with Gasteiger partial charge < -0.3 is 10.8 Å². The number of hydrogen-bond acceptors (Lipinski definition) is 2. The fourth-order valence-electron chi connectivity index (χ4n) is 0.813. The smallest absolute Gasteiger partial charge is 0.325 e. The zero-order valence-electron chi connectivity index (χ0n) is 7.01. The molecule has 0 aromatic heterocycles. The molecule has 14 heavy (non-hydrogen) atoms. The lowest BCUT2D eigenvalue weighted by molar-refractivity contribution is -0.138. The van der Waals surface area contributed by atoms with Crippen molar-refractivity contribution in [2.24, 2.45) is 5.73 Å². The minimum absolute atomic E-state index is 0. The van der Waals surface area contributed by atoms with Crippen LogP contribution >= 0.6 is 24.8 Å². The van der Waals surface area contributed by atoms with Gasteiger partial charge in [-0.25, -0.2) is 4.39 Å². The summed E-state index contributed by atoms with van der Waals surface area (Å²) in [6.07, 6.45) is 0. The van der Waals surface area contributed by atoms with Gasteiger partial charge in [0.15, 0.2) is 0 Å². The van der Waals surface area contributed by atoms with E-state index in [2.05, 4.69) is 0 Å². The monoisotopic (exact) mass is 241 g/mol. The molecule has 1 rings (SSSR count). The summed E-state index contributed by atoms with van der Waals surface area (Å²) in [4.78, 5) is 10.4. The second-order valence-electron chi connectivity index (χ2n) is 2.37. The molecule has 0 saturated carbocycles. The molecule has 0 aliphatic carbocycles. The Morgan fingerprint density at radius 3 is 2.07 bits per heavy atom. The number of carboxylic acid groups (broad SMARTS) is 1. The van der Waals surface area contributed by atoms with Gasteiger partial charge in [0.25, 0.3) is 0 Å². The highest BCUT2D eigenvalue weighted by atomic mass is 35.5. The van der Waals surface area contributed by atoms with Gasteiger partial charge >= 0.3 is 5.97 Å². The van der Waals surface area contributed by atoms with E-state index in [1.54, 1.807) is 0 Å². The summed E-state index contributed by atoms with van der Waals surface area (Å²) in [5, 5.41) is 8.49. The van der Waals surface area contributed by atoms with Crippen LogP contribution < -0.4 is 5.73 Å². The predicted molar refractivity (Wildman–Crippen MR) is 55.5 cm³/mol. The van der Waals surface area contributed by atoms with Gasteiger partial charge in [-0.2, -0.15) is 0 Å². The molecule has 0 bridgehead atoms. The molecule has 1 aromatic carbocycles. The molecular formula is C8H10Cl2FNO2. The zero-order chi connectivity index (χ0) is 9.14. The molecule has 0 fully saturated rings. The van der Waals surface area contributed by atoms with Gasteiger partial charge in [0.05, 0.1) is 0 Å².